The number of likely N-dealkylation sites (tertiary alicyclic amines) is 1. The summed E-state index contributed by atoms with van der Waals surface area (Å²) in [6.45, 7) is 1.39. The van der Waals surface area contributed by atoms with Crippen molar-refractivity contribution < 1.29 is 4.79 Å². The first kappa shape index (κ1) is 15.0. The summed E-state index contributed by atoms with van der Waals surface area (Å²) in [5.41, 5.74) is 0.435. The standard InChI is InChI=1S/C15H17Cl2N5O/c16-11-6-12(19-13(11)17)15(23)21-5-1-2-9(7-21)14-20-18-8-22(14)10-3-4-10/h6,8-10,19H,1-5,7H2. The number of hydrogen-bond donors (Lipinski definition) is 1. The molecule has 0 radical (unpaired) electrons. The molecule has 2 aliphatic rings. The number of nitrogens with one attached hydrogen (secondary N) is 1. The lowest BCUT2D eigenvalue weighted by Crippen LogP contribution is -2.40. The van der Waals surface area contributed by atoms with Crippen LogP contribution in [0.4, 0.5) is 0 Å². The van der Waals surface area contributed by atoms with Crippen LogP contribution in [0.15, 0.2) is 12.4 Å². The number of aromatic amines is 1. The molecule has 0 bridgehead atoms. The summed E-state index contributed by atoms with van der Waals surface area (Å²) in [7, 11) is 0. The van der Waals surface area contributed by atoms with Gasteiger partial charge in [0.05, 0.1) is 5.02 Å². The van der Waals surface area contributed by atoms with Crippen molar-refractivity contribution in [2.24, 2.45) is 0 Å². The molecule has 4 rings (SSSR count). The Hall–Kier alpha value is -1.53. The van der Waals surface area contributed by atoms with Gasteiger partial charge in [0, 0.05) is 25.0 Å². The molecule has 2 aromatic heterocycles. The Balaban J connectivity index is 1.52. The lowest BCUT2D eigenvalue weighted by atomic mass is 9.97. The van der Waals surface area contributed by atoms with Crippen molar-refractivity contribution in [1.29, 1.82) is 0 Å². The van der Waals surface area contributed by atoms with E-state index in [1.54, 1.807) is 6.07 Å². The third-order valence-electron chi connectivity index (χ3n) is 4.57. The zero-order valence-corrected chi connectivity index (χ0v) is 14.0. The van der Waals surface area contributed by atoms with Crippen LogP contribution in [0.5, 0.6) is 0 Å². The van der Waals surface area contributed by atoms with Gasteiger partial charge in [-0.2, -0.15) is 0 Å². The van der Waals surface area contributed by atoms with Crippen LogP contribution in [0, 0.1) is 0 Å². The van der Waals surface area contributed by atoms with E-state index in [1.165, 1.54) is 12.8 Å². The maximum absolute atomic E-state index is 12.6. The highest BCUT2D eigenvalue weighted by atomic mass is 35.5. The van der Waals surface area contributed by atoms with Crippen molar-refractivity contribution in [2.75, 3.05) is 13.1 Å². The second-order valence-electron chi connectivity index (χ2n) is 6.26. The number of halogens is 2. The van der Waals surface area contributed by atoms with E-state index in [2.05, 4.69) is 19.7 Å². The van der Waals surface area contributed by atoms with Crippen LogP contribution in [0.25, 0.3) is 0 Å². The van der Waals surface area contributed by atoms with Crippen LogP contribution in [-0.2, 0) is 0 Å². The number of rotatable bonds is 3. The van der Waals surface area contributed by atoms with Crippen molar-refractivity contribution in [3.8, 4) is 0 Å². The summed E-state index contributed by atoms with van der Waals surface area (Å²) in [6, 6.07) is 2.13. The van der Waals surface area contributed by atoms with E-state index >= 15 is 0 Å². The molecule has 1 aliphatic carbocycles. The molecule has 8 heteroatoms. The number of piperidine rings is 1. The van der Waals surface area contributed by atoms with E-state index in [0.29, 0.717) is 28.5 Å². The van der Waals surface area contributed by atoms with E-state index < -0.39 is 0 Å². The lowest BCUT2D eigenvalue weighted by molar-refractivity contribution is 0.0698. The first-order valence-corrected chi connectivity index (χ1v) is 8.61. The second kappa shape index (κ2) is 5.83. The molecular weight excluding hydrogens is 337 g/mol. The normalized spacial score (nSPS) is 21.7. The molecular formula is C15H17Cl2N5O. The molecule has 122 valence electrons. The topological polar surface area (TPSA) is 66.8 Å². The van der Waals surface area contributed by atoms with Crippen molar-refractivity contribution in [3.63, 3.8) is 0 Å². The van der Waals surface area contributed by atoms with Gasteiger partial charge < -0.3 is 14.5 Å². The van der Waals surface area contributed by atoms with Crippen molar-refractivity contribution in [3.05, 3.63) is 34.1 Å². The van der Waals surface area contributed by atoms with Crippen molar-refractivity contribution >= 4 is 29.1 Å². The summed E-state index contributed by atoms with van der Waals surface area (Å²) in [4.78, 5) is 17.3. The molecule has 1 saturated heterocycles. The zero-order valence-electron chi connectivity index (χ0n) is 12.5. The van der Waals surface area contributed by atoms with Crippen molar-refractivity contribution in [1.82, 2.24) is 24.6 Å². The Morgan fingerprint density at radius 1 is 1.30 bits per heavy atom. The maximum Gasteiger partial charge on any atom is 0.270 e. The van der Waals surface area contributed by atoms with E-state index in [1.807, 2.05) is 11.2 Å². The molecule has 1 N–H and O–H groups in total. The van der Waals surface area contributed by atoms with Gasteiger partial charge in [0.1, 0.15) is 23.0 Å². The highest BCUT2D eigenvalue weighted by Crippen LogP contribution is 2.38. The molecule has 0 spiro atoms. The molecule has 0 aromatic carbocycles. The van der Waals surface area contributed by atoms with Gasteiger partial charge in [0.25, 0.3) is 5.91 Å². The van der Waals surface area contributed by atoms with E-state index in [-0.39, 0.29) is 11.8 Å². The predicted molar refractivity (Wildman–Crippen MR) is 87.0 cm³/mol. The molecule has 1 atom stereocenters. The number of nitrogens with zero attached hydrogens (tertiary/aromatic N) is 4. The third-order valence-corrected chi connectivity index (χ3v) is 5.26. The maximum atomic E-state index is 12.6. The number of hydrogen-bond acceptors (Lipinski definition) is 3. The number of amides is 1. The number of carbonyl (C=O) groups excluding carboxylic acids is 1. The minimum absolute atomic E-state index is 0.0685. The quantitative estimate of drug-likeness (QED) is 0.920. The zero-order chi connectivity index (χ0) is 16.0. The van der Waals surface area contributed by atoms with Gasteiger partial charge in [-0.15, -0.1) is 10.2 Å². The van der Waals surface area contributed by atoms with Crippen LogP contribution in [-0.4, -0.2) is 43.6 Å². The van der Waals surface area contributed by atoms with Crippen LogP contribution in [0.3, 0.4) is 0 Å². The number of H-pyrrole nitrogens is 1. The smallest absolute Gasteiger partial charge is 0.270 e. The van der Waals surface area contributed by atoms with Crippen LogP contribution < -0.4 is 0 Å². The molecule has 23 heavy (non-hydrogen) atoms. The van der Waals surface area contributed by atoms with Gasteiger partial charge in [0.2, 0.25) is 0 Å². The first-order chi connectivity index (χ1) is 11.1. The lowest BCUT2D eigenvalue weighted by Gasteiger charge is -2.32. The SMILES string of the molecule is O=C(c1cc(Cl)c(Cl)[nH]1)N1CCCC(c2nncn2C2CC2)C1. The second-order valence-corrected chi connectivity index (χ2v) is 7.05. The van der Waals surface area contributed by atoms with Crippen LogP contribution in [0.1, 0.15) is 54.0 Å². The molecule has 1 unspecified atom stereocenters. The summed E-state index contributed by atoms with van der Waals surface area (Å²) in [5.74, 6) is 1.17. The molecule has 6 nitrogen and oxygen atoms in total. The number of carbonyl (C=O) groups is 1. The van der Waals surface area contributed by atoms with E-state index in [9.17, 15) is 4.79 Å². The Morgan fingerprint density at radius 3 is 2.83 bits per heavy atom. The monoisotopic (exact) mass is 353 g/mol. The van der Waals surface area contributed by atoms with Crippen LogP contribution >= 0.6 is 23.2 Å². The first-order valence-electron chi connectivity index (χ1n) is 7.86. The van der Waals surface area contributed by atoms with Gasteiger partial charge in [-0.1, -0.05) is 23.2 Å². The van der Waals surface area contributed by atoms with Gasteiger partial charge >= 0.3 is 0 Å². The molecule has 3 heterocycles. The van der Waals surface area contributed by atoms with Crippen LogP contribution in [0.2, 0.25) is 10.2 Å². The highest BCUT2D eigenvalue weighted by molar-refractivity contribution is 6.41. The Labute approximate surface area is 143 Å². The predicted octanol–water partition coefficient (Wildman–Crippen LogP) is 3.27. The Morgan fingerprint density at radius 2 is 2.13 bits per heavy atom. The molecule has 1 saturated carbocycles. The average Bonchev–Trinajstić information content (AvgIpc) is 3.19. The fourth-order valence-corrected chi connectivity index (χ4v) is 3.55. The molecule has 2 fully saturated rings. The highest BCUT2D eigenvalue weighted by Gasteiger charge is 2.33. The molecule has 2 aromatic rings. The van der Waals surface area contributed by atoms with E-state index in [0.717, 1.165) is 25.2 Å². The summed E-state index contributed by atoms with van der Waals surface area (Å²) in [6.07, 6.45) is 6.19. The van der Waals surface area contributed by atoms with E-state index in [4.69, 9.17) is 23.2 Å². The largest absolute Gasteiger partial charge is 0.340 e. The summed E-state index contributed by atoms with van der Waals surface area (Å²) in [5, 5.41) is 9.06. The van der Waals surface area contributed by atoms with Gasteiger partial charge in [-0.3, -0.25) is 4.79 Å². The fourth-order valence-electron chi connectivity index (χ4n) is 3.24. The third kappa shape index (κ3) is 2.85. The average molecular weight is 354 g/mol. The Kier molecular flexibility index (Phi) is 3.81. The minimum atomic E-state index is -0.0685. The summed E-state index contributed by atoms with van der Waals surface area (Å²) >= 11 is 11.8. The minimum Gasteiger partial charge on any atom is -0.340 e. The van der Waals surface area contributed by atoms with Gasteiger partial charge in [-0.05, 0) is 31.7 Å². The molecule has 1 amide bonds. The number of aromatic nitrogens is 4. The fraction of sp³-hybridized carbons (Fsp3) is 0.533. The van der Waals surface area contributed by atoms with Gasteiger partial charge in [-0.25, -0.2) is 0 Å². The van der Waals surface area contributed by atoms with Gasteiger partial charge in [0.15, 0.2) is 0 Å². The summed E-state index contributed by atoms with van der Waals surface area (Å²) < 4.78 is 2.18. The molecule has 1 aliphatic heterocycles. The van der Waals surface area contributed by atoms with Crippen molar-refractivity contribution in [2.45, 2.75) is 37.6 Å². The Bertz CT molecular complexity index is 717.